The Bertz CT molecular complexity index is 517. The highest BCUT2D eigenvalue weighted by Crippen LogP contribution is 2.26. The largest absolute Gasteiger partial charge is 0.492 e. The van der Waals surface area contributed by atoms with Crippen molar-refractivity contribution in [1.29, 1.82) is 0 Å². The molecule has 6 heteroatoms. The van der Waals surface area contributed by atoms with Gasteiger partial charge in [0, 0.05) is 23.9 Å². The third-order valence-electron chi connectivity index (χ3n) is 2.66. The number of hydrogen-bond acceptors (Lipinski definition) is 4. The Kier molecular flexibility index (Phi) is 5.75. The van der Waals surface area contributed by atoms with Gasteiger partial charge in [-0.15, -0.1) is 0 Å². The first kappa shape index (κ1) is 15.9. The van der Waals surface area contributed by atoms with Gasteiger partial charge in [0.05, 0.1) is 5.75 Å². The van der Waals surface area contributed by atoms with E-state index in [1.807, 2.05) is 13.8 Å². The second-order valence-corrected chi connectivity index (χ2v) is 6.70. The fourth-order valence-corrected chi connectivity index (χ4v) is 2.10. The quantitative estimate of drug-likeness (QED) is 0.833. The molecular weight excluding hydrogens is 269 g/mol. The van der Waals surface area contributed by atoms with Crippen LogP contribution in [0.2, 0.25) is 0 Å². The zero-order chi connectivity index (χ0) is 14.5. The molecule has 0 aromatic heterocycles. The van der Waals surface area contributed by atoms with Crippen LogP contribution in [-0.4, -0.2) is 33.6 Å². The van der Waals surface area contributed by atoms with Gasteiger partial charge in [-0.3, -0.25) is 0 Å². The van der Waals surface area contributed by atoms with E-state index in [1.54, 1.807) is 6.07 Å². The average Bonchev–Trinajstić information content (AvgIpc) is 2.27. The minimum Gasteiger partial charge on any atom is -0.492 e. The van der Waals surface area contributed by atoms with Gasteiger partial charge in [0.1, 0.15) is 18.2 Å². The van der Waals surface area contributed by atoms with Gasteiger partial charge in [0.25, 0.3) is 0 Å². The second kappa shape index (κ2) is 6.86. The SMILES string of the molecule is CCNC(C)c1ccc(F)cc1OCCS(C)(=O)=O. The molecular formula is C13H20FNO3S. The summed E-state index contributed by atoms with van der Waals surface area (Å²) in [6, 6.07) is 4.31. The number of sulfone groups is 1. The number of ether oxygens (including phenoxy) is 1. The van der Waals surface area contributed by atoms with Crippen molar-refractivity contribution in [3.8, 4) is 5.75 Å². The number of hydrogen-bond donors (Lipinski definition) is 1. The van der Waals surface area contributed by atoms with Gasteiger partial charge in [0.15, 0.2) is 9.84 Å². The molecule has 0 fully saturated rings. The maximum absolute atomic E-state index is 13.2. The lowest BCUT2D eigenvalue weighted by Crippen LogP contribution is -2.19. The summed E-state index contributed by atoms with van der Waals surface area (Å²) in [5.74, 6) is -0.0997. The van der Waals surface area contributed by atoms with Crippen molar-refractivity contribution in [2.45, 2.75) is 19.9 Å². The molecule has 1 rings (SSSR count). The molecule has 0 aliphatic heterocycles. The van der Waals surface area contributed by atoms with E-state index >= 15 is 0 Å². The summed E-state index contributed by atoms with van der Waals surface area (Å²) in [6.45, 7) is 4.72. The van der Waals surface area contributed by atoms with Crippen LogP contribution in [0.1, 0.15) is 25.5 Å². The Hall–Kier alpha value is -1.14. The third-order valence-corrected chi connectivity index (χ3v) is 3.57. The molecule has 0 saturated heterocycles. The molecule has 1 aromatic rings. The molecule has 0 heterocycles. The van der Waals surface area contributed by atoms with E-state index in [1.165, 1.54) is 12.1 Å². The minimum absolute atomic E-state index is 0.0128. The molecule has 0 radical (unpaired) electrons. The van der Waals surface area contributed by atoms with E-state index in [4.69, 9.17) is 4.74 Å². The lowest BCUT2D eigenvalue weighted by Gasteiger charge is -2.17. The smallest absolute Gasteiger partial charge is 0.150 e. The minimum atomic E-state index is -3.08. The number of halogens is 1. The Morgan fingerprint density at radius 3 is 2.68 bits per heavy atom. The van der Waals surface area contributed by atoms with Crippen LogP contribution in [0, 0.1) is 5.82 Å². The van der Waals surface area contributed by atoms with E-state index in [2.05, 4.69) is 5.32 Å². The summed E-state index contributed by atoms with van der Waals surface area (Å²) >= 11 is 0. The van der Waals surface area contributed by atoms with Gasteiger partial charge in [-0.05, 0) is 19.5 Å². The summed E-state index contributed by atoms with van der Waals surface area (Å²) in [5, 5.41) is 3.21. The highest BCUT2D eigenvalue weighted by Gasteiger charge is 2.12. The van der Waals surface area contributed by atoms with E-state index < -0.39 is 15.7 Å². The van der Waals surface area contributed by atoms with Crippen LogP contribution in [0.3, 0.4) is 0 Å². The van der Waals surface area contributed by atoms with Gasteiger partial charge in [0.2, 0.25) is 0 Å². The molecule has 19 heavy (non-hydrogen) atoms. The molecule has 0 bridgehead atoms. The molecule has 0 aliphatic rings. The van der Waals surface area contributed by atoms with E-state index in [9.17, 15) is 12.8 Å². The van der Waals surface area contributed by atoms with Crippen molar-refractivity contribution in [3.05, 3.63) is 29.6 Å². The van der Waals surface area contributed by atoms with Crippen LogP contribution >= 0.6 is 0 Å². The Labute approximate surface area is 113 Å². The third kappa shape index (κ3) is 5.57. The normalized spacial score (nSPS) is 13.3. The van der Waals surface area contributed by atoms with Gasteiger partial charge in [-0.1, -0.05) is 13.0 Å². The Morgan fingerprint density at radius 1 is 1.42 bits per heavy atom. The molecule has 1 N–H and O–H groups in total. The molecule has 1 unspecified atom stereocenters. The van der Waals surface area contributed by atoms with Crippen molar-refractivity contribution in [3.63, 3.8) is 0 Å². The molecule has 0 saturated carbocycles. The highest BCUT2D eigenvalue weighted by molar-refractivity contribution is 7.90. The molecule has 1 atom stereocenters. The van der Waals surface area contributed by atoms with Gasteiger partial charge < -0.3 is 10.1 Å². The maximum Gasteiger partial charge on any atom is 0.150 e. The predicted octanol–water partition coefficient (Wildman–Crippen LogP) is 1.92. The topological polar surface area (TPSA) is 55.4 Å². The molecule has 108 valence electrons. The van der Waals surface area contributed by atoms with E-state index in [0.29, 0.717) is 5.75 Å². The number of rotatable bonds is 7. The first-order chi connectivity index (χ1) is 8.83. The Balaban J connectivity index is 2.82. The fourth-order valence-electron chi connectivity index (χ4n) is 1.71. The van der Waals surface area contributed by atoms with Crippen LogP contribution in [0.25, 0.3) is 0 Å². The molecule has 0 spiro atoms. The van der Waals surface area contributed by atoms with Crippen molar-refractivity contribution in [1.82, 2.24) is 5.32 Å². The lowest BCUT2D eigenvalue weighted by atomic mass is 10.1. The van der Waals surface area contributed by atoms with E-state index in [-0.39, 0.29) is 18.4 Å². The summed E-state index contributed by atoms with van der Waals surface area (Å²) in [7, 11) is -3.08. The molecule has 0 aliphatic carbocycles. The van der Waals surface area contributed by atoms with Crippen molar-refractivity contribution in [2.24, 2.45) is 0 Å². The van der Waals surface area contributed by atoms with E-state index in [0.717, 1.165) is 18.4 Å². The summed E-state index contributed by atoms with van der Waals surface area (Å²) in [6.07, 6.45) is 1.14. The van der Waals surface area contributed by atoms with Crippen LogP contribution in [-0.2, 0) is 9.84 Å². The van der Waals surface area contributed by atoms with Crippen LogP contribution < -0.4 is 10.1 Å². The zero-order valence-corrected chi connectivity index (χ0v) is 12.3. The van der Waals surface area contributed by atoms with Crippen LogP contribution in [0.5, 0.6) is 5.75 Å². The van der Waals surface area contributed by atoms with Crippen molar-refractivity contribution >= 4 is 9.84 Å². The fraction of sp³-hybridized carbons (Fsp3) is 0.538. The highest BCUT2D eigenvalue weighted by atomic mass is 32.2. The number of benzene rings is 1. The monoisotopic (exact) mass is 289 g/mol. The van der Waals surface area contributed by atoms with Gasteiger partial charge in [-0.25, -0.2) is 12.8 Å². The van der Waals surface area contributed by atoms with Gasteiger partial charge in [-0.2, -0.15) is 0 Å². The number of nitrogens with one attached hydrogen (secondary N) is 1. The summed E-state index contributed by atoms with van der Waals surface area (Å²) < 4.78 is 40.7. The molecule has 0 amide bonds. The molecule has 1 aromatic carbocycles. The standard InChI is InChI=1S/C13H20FNO3S/c1-4-15-10(2)12-6-5-11(14)9-13(12)18-7-8-19(3,16)17/h5-6,9-10,15H,4,7-8H2,1-3H3. The first-order valence-corrected chi connectivity index (χ1v) is 8.23. The van der Waals surface area contributed by atoms with Gasteiger partial charge >= 0.3 is 0 Å². The summed E-state index contributed by atoms with van der Waals surface area (Å²) in [4.78, 5) is 0. The zero-order valence-electron chi connectivity index (χ0n) is 11.4. The average molecular weight is 289 g/mol. The van der Waals surface area contributed by atoms with Crippen molar-refractivity contribution in [2.75, 3.05) is 25.2 Å². The Morgan fingerprint density at radius 2 is 2.11 bits per heavy atom. The molecule has 4 nitrogen and oxygen atoms in total. The van der Waals surface area contributed by atoms with Crippen LogP contribution in [0.4, 0.5) is 4.39 Å². The first-order valence-electron chi connectivity index (χ1n) is 6.17. The predicted molar refractivity (Wildman–Crippen MR) is 73.7 cm³/mol. The summed E-state index contributed by atoms with van der Waals surface area (Å²) in [5.41, 5.74) is 0.816. The van der Waals surface area contributed by atoms with Crippen molar-refractivity contribution < 1.29 is 17.5 Å². The maximum atomic E-state index is 13.2. The van der Waals surface area contributed by atoms with Crippen LogP contribution in [0.15, 0.2) is 18.2 Å². The second-order valence-electron chi connectivity index (χ2n) is 4.44. The lowest BCUT2D eigenvalue weighted by molar-refractivity contribution is 0.331.